The first-order valence-electron chi connectivity index (χ1n) is 4.74. The van der Waals surface area contributed by atoms with E-state index in [1.165, 1.54) is 6.92 Å². The monoisotopic (exact) mass is 235 g/mol. The first-order chi connectivity index (χ1) is 7.65. The van der Waals surface area contributed by atoms with Crippen LogP contribution in [0.5, 0.6) is 0 Å². The number of halogens is 1. The summed E-state index contributed by atoms with van der Waals surface area (Å²) in [5.41, 5.74) is 1.80. The zero-order valence-electron chi connectivity index (χ0n) is 8.62. The van der Waals surface area contributed by atoms with Gasteiger partial charge in [0.2, 0.25) is 5.91 Å². The Balaban J connectivity index is 2.24. The minimum absolute atomic E-state index is 0.144. The van der Waals surface area contributed by atoms with Crippen molar-refractivity contribution in [3.63, 3.8) is 0 Å². The normalized spacial score (nSPS) is 10.1. The van der Waals surface area contributed by atoms with E-state index in [1.54, 1.807) is 18.2 Å². The number of nitrogens with zero attached hydrogens (tertiary/aromatic N) is 1. The maximum absolute atomic E-state index is 10.8. The van der Waals surface area contributed by atoms with Crippen LogP contribution in [0.2, 0.25) is 5.02 Å². The van der Waals surface area contributed by atoms with Crippen LogP contribution in [0.25, 0.3) is 11.3 Å². The van der Waals surface area contributed by atoms with Crippen molar-refractivity contribution in [2.45, 2.75) is 6.92 Å². The summed E-state index contributed by atoms with van der Waals surface area (Å²) in [6.45, 7) is 1.44. The van der Waals surface area contributed by atoms with Crippen LogP contribution in [-0.4, -0.2) is 16.1 Å². The third kappa shape index (κ3) is 2.41. The molecular weight excluding hydrogens is 226 g/mol. The molecule has 4 nitrogen and oxygen atoms in total. The zero-order chi connectivity index (χ0) is 11.5. The van der Waals surface area contributed by atoms with E-state index in [-0.39, 0.29) is 5.91 Å². The van der Waals surface area contributed by atoms with Crippen molar-refractivity contribution in [1.82, 2.24) is 10.2 Å². The Labute approximate surface area is 97.6 Å². The molecule has 0 aliphatic heterocycles. The van der Waals surface area contributed by atoms with Crippen LogP contribution in [0.15, 0.2) is 30.3 Å². The average molecular weight is 236 g/mol. The second-order valence-corrected chi connectivity index (χ2v) is 3.79. The fraction of sp³-hybridized carbons (Fsp3) is 0.0909. The van der Waals surface area contributed by atoms with Gasteiger partial charge in [-0.25, -0.2) is 0 Å². The molecule has 0 spiro atoms. The van der Waals surface area contributed by atoms with Crippen LogP contribution in [0.1, 0.15) is 6.92 Å². The Morgan fingerprint density at radius 3 is 2.69 bits per heavy atom. The second-order valence-electron chi connectivity index (χ2n) is 3.35. The zero-order valence-corrected chi connectivity index (χ0v) is 9.38. The van der Waals surface area contributed by atoms with Crippen molar-refractivity contribution >= 4 is 23.3 Å². The number of nitrogens with one attached hydrogen (secondary N) is 2. The number of carbonyl (C=O) groups excluding carboxylic acids is 1. The molecule has 1 amide bonds. The highest BCUT2D eigenvalue weighted by atomic mass is 35.5. The van der Waals surface area contributed by atoms with Gasteiger partial charge in [-0.05, 0) is 17.7 Å². The summed E-state index contributed by atoms with van der Waals surface area (Å²) in [5.74, 6) is 0.367. The third-order valence-electron chi connectivity index (χ3n) is 2.04. The summed E-state index contributed by atoms with van der Waals surface area (Å²) in [7, 11) is 0. The van der Waals surface area contributed by atoms with E-state index in [4.69, 9.17) is 11.6 Å². The van der Waals surface area contributed by atoms with Gasteiger partial charge in [0.25, 0.3) is 0 Å². The van der Waals surface area contributed by atoms with Crippen LogP contribution in [0.4, 0.5) is 5.82 Å². The fourth-order valence-corrected chi connectivity index (χ4v) is 1.47. The van der Waals surface area contributed by atoms with Crippen LogP contribution in [0, 0.1) is 0 Å². The number of anilines is 1. The topological polar surface area (TPSA) is 57.8 Å². The Morgan fingerprint density at radius 1 is 1.38 bits per heavy atom. The molecule has 16 heavy (non-hydrogen) atoms. The Kier molecular flexibility index (Phi) is 2.92. The van der Waals surface area contributed by atoms with Gasteiger partial charge in [-0.2, -0.15) is 5.10 Å². The molecule has 0 bridgehead atoms. The summed E-state index contributed by atoms with van der Waals surface area (Å²) < 4.78 is 0. The molecule has 5 heteroatoms. The molecule has 0 unspecified atom stereocenters. The number of amides is 1. The number of hydrogen-bond acceptors (Lipinski definition) is 2. The van der Waals surface area contributed by atoms with Crippen molar-refractivity contribution in [2.24, 2.45) is 0 Å². The van der Waals surface area contributed by atoms with E-state index >= 15 is 0 Å². The molecule has 1 heterocycles. The molecule has 0 aliphatic rings. The molecule has 0 atom stereocenters. The first kappa shape index (κ1) is 10.7. The molecule has 2 rings (SSSR count). The van der Waals surface area contributed by atoms with Crippen LogP contribution >= 0.6 is 11.6 Å². The Bertz CT molecular complexity index is 504. The number of aromatic nitrogens is 2. The molecular formula is C11H10ClN3O. The van der Waals surface area contributed by atoms with Crippen molar-refractivity contribution in [1.29, 1.82) is 0 Å². The molecule has 82 valence electrons. The third-order valence-corrected chi connectivity index (χ3v) is 2.29. The summed E-state index contributed by atoms with van der Waals surface area (Å²) in [6, 6.07) is 9.14. The summed E-state index contributed by atoms with van der Waals surface area (Å²) in [4.78, 5) is 10.8. The van der Waals surface area contributed by atoms with Crippen molar-refractivity contribution in [3.05, 3.63) is 35.4 Å². The van der Waals surface area contributed by atoms with E-state index in [1.807, 2.05) is 12.1 Å². The van der Waals surface area contributed by atoms with Gasteiger partial charge in [-0.3, -0.25) is 9.89 Å². The van der Waals surface area contributed by atoms with Gasteiger partial charge < -0.3 is 5.32 Å². The molecule has 0 saturated heterocycles. The van der Waals surface area contributed by atoms with Gasteiger partial charge in [0.05, 0.1) is 5.69 Å². The maximum atomic E-state index is 10.8. The minimum Gasteiger partial charge on any atom is -0.309 e. The average Bonchev–Trinajstić information content (AvgIpc) is 2.66. The number of H-pyrrole nitrogens is 1. The molecule has 0 radical (unpaired) electrons. The number of rotatable bonds is 2. The molecule has 1 aromatic heterocycles. The number of benzene rings is 1. The highest BCUT2D eigenvalue weighted by Crippen LogP contribution is 2.21. The Morgan fingerprint density at radius 2 is 2.06 bits per heavy atom. The van der Waals surface area contributed by atoms with Gasteiger partial charge in [-0.15, -0.1) is 0 Å². The van der Waals surface area contributed by atoms with E-state index < -0.39 is 0 Å². The summed E-state index contributed by atoms with van der Waals surface area (Å²) >= 11 is 5.79. The predicted octanol–water partition coefficient (Wildman–Crippen LogP) is 2.69. The molecule has 1 aromatic carbocycles. The smallest absolute Gasteiger partial charge is 0.222 e. The SMILES string of the molecule is CC(=O)Nc1cc(-c2ccc(Cl)cc2)[nH]n1. The molecule has 0 saturated carbocycles. The van der Waals surface area contributed by atoms with Crippen molar-refractivity contribution in [2.75, 3.05) is 5.32 Å². The fourth-order valence-electron chi connectivity index (χ4n) is 1.34. The van der Waals surface area contributed by atoms with Gasteiger partial charge in [0.15, 0.2) is 5.82 Å². The molecule has 0 aliphatic carbocycles. The van der Waals surface area contributed by atoms with E-state index in [2.05, 4.69) is 15.5 Å². The predicted molar refractivity (Wildman–Crippen MR) is 63.3 cm³/mol. The standard InChI is InChI=1S/C11H10ClN3O/c1-7(16)13-11-6-10(14-15-11)8-2-4-9(12)5-3-8/h2-6H,1H3,(H2,13,14,15,16). The number of aromatic amines is 1. The van der Waals surface area contributed by atoms with Crippen LogP contribution < -0.4 is 5.32 Å². The van der Waals surface area contributed by atoms with Crippen LogP contribution in [0.3, 0.4) is 0 Å². The van der Waals surface area contributed by atoms with Crippen molar-refractivity contribution < 1.29 is 4.79 Å². The van der Waals surface area contributed by atoms with Crippen molar-refractivity contribution in [3.8, 4) is 11.3 Å². The lowest BCUT2D eigenvalue weighted by Crippen LogP contribution is -2.05. The highest BCUT2D eigenvalue weighted by Gasteiger charge is 2.04. The summed E-state index contributed by atoms with van der Waals surface area (Å²) in [6.07, 6.45) is 0. The maximum Gasteiger partial charge on any atom is 0.222 e. The molecule has 0 fully saturated rings. The minimum atomic E-state index is -0.144. The van der Waals surface area contributed by atoms with Crippen LogP contribution in [-0.2, 0) is 4.79 Å². The van der Waals surface area contributed by atoms with Gasteiger partial charge in [0.1, 0.15) is 0 Å². The first-order valence-corrected chi connectivity index (χ1v) is 5.12. The number of carbonyl (C=O) groups is 1. The molecule has 2 N–H and O–H groups in total. The van der Waals surface area contributed by atoms with Gasteiger partial charge >= 0.3 is 0 Å². The van der Waals surface area contributed by atoms with E-state index in [0.29, 0.717) is 10.8 Å². The van der Waals surface area contributed by atoms with Gasteiger partial charge in [-0.1, -0.05) is 23.7 Å². The van der Waals surface area contributed by atoms with E-state index in [0.717, 1.165) is 11.3 Å². The van der Waals surface area contributed by atoms with Gasteiger partial charge in [0, 0.05) is 18.0 Å². The lowest BCUT2D eigenvalue weighted by atomic mass is 10.1. The summed E-state index contributed by atoms with van der Waals surface area (Å²) in [5, 5.41) is 10.1. The number of hydrogen-bond donors (Lipinski definition) is 2. The second kappa shape index (κ2) is 4.37. The lowest BCUT2D eigenvalue weighted by molar-refractivity contribution is -0.114. The Hall–Kier alpha value is -1.81. The highest BCUT2D eigenvalue weighted by molar-refractivity contribution is 6.30. The quantitative estimate of drug-likeness (QED) is 0.841. The molecule has 2 aromatic rings. The lowest BCUT2D eigenvalue weighted by Gasteiger charge is -1.96. The largest absolute Gasteiger partial charge is 0.309 e. The van der Waals surface area contributed by atoms with E-state index in [9.17, 15) is 4.79 Å².